The van der Waals surface area contributed by atoms with Crippen LogP contribution in [0.1, 0.15) is 49.0 Å². The summed E-state index contributed by atoms with van der Waals surface area (Å²) in [6, 6.07) is 6.05. The Morgan fingerprint density at radius 2 is 1.92 bits per heavy atom. The molecule has 2 N–H and O–H groups in total. The van der Waals surface area contributed by atoms with E-state index in [1.165, 1.54) is 0 Å². The maximum Gasteiger partial charge on any atom is 0.326 e. The van der Waals surface area contributed by atoms with Gasteiger partial charge in [-0.1, -0.05) is 26.0 Å². The molecule has 1 atom stereocenters. The Kier molecular flexibility index (Phi) is 5.95. The number of nitrogens with zero attached hydrogens (tertiary/aromatic N) is 1. The van der Waals surface area contributed by atoms with Gasteiger partial charge in [-0.25, -0.2) is 4.79 Å². The van der Waals surface area contributed by atoms with Gasteiger partial charge in [-0.05, 0) is 36.5 Å². The lowest BCUT2D eigenvalue weighted by atomic mass is 10.0. The van der Waals surface area contributed by atoms with Crippen LogP contribution in [-0.2, 0) is 16.1 Å². The predicted molar refractivity (Wildman–Crippen MR) is 89.4 cm³/mol. The minimum Gasteiger partial charge on any atom is -0.480 e. The van der Waals surface area contributed by atoms with E-state index in [0.29, 0.717) is 24.9 Å². The summed E-state index contributed by atoms with van der Waals surface area (Å²) in [6.45, 7) is 5.15. The molecule has 1 aromatic carbocycles. The lowest BCUT2D eigenvalue weighted by molar-refractivity contribution is -0.139. The van der Waals surface area contributed by atoms with Crippen molar-refractivity contribution in [3.63, 3.8) is 0 Å². The zero-order chi connectivity index (χ0) is 17.7. The Bertz CT molecular complexity index is 610. The summed E-state index contributed by atoms with van der Waals surface area (Å²) < 4.78 is 0. The molecule has 1 aromatic rings. The summed E-state index contributed by atoms with van der Waals surface area (Å²) in [5.41, 5.74) is 1.38. The van der Waals surface area contributed by atoms with Crippen LogP contribution in [0.4, 0.5) is 0 Å². The molecule has 24 heavy (non-hydrogen) atoms. The van der Waals surface area contributed by atoms with E-state index in [-0.39, 0.29) is 11.8 Å². The monoisotopic (exact) mass is 332 g/mol. The smallest absolute Gasteiger partial charge is 0.326 e. The summed E-state index contributed by atoms with van der Waals surface area (Å²) in [4.78, 5) is 36.9. The number of carbonyl (C=O) groups is 3. The summed E-state index contributed by atoms with van der Waals surface area (Å²) >= 11 is 0. The van der Waals surface area contributed by atoms with Crippen LogP contribution in [0.3, 0.4) is 0 Å². The van der Waals surface area contributed by atoms with Crippen LogP contribution in [0, 0.1) is 5.92 Å². The molecular weight excluding hydrogens is 308 g/mol. The van der Waals surface area contributed by atoms with Gasteiger partial charge in [0.25, 0.3) is 5.91 Å². The Labute approximate surface area is 141 Å². The number of nitrogens with one attached hydrogen (secondary N) is 1. The van der Waals surface area contributed by atoms with E-state index < -0.39 is 17.9 Å². The first kappa shape index (κ1) is 18.0. The molecular formula is C18H24N2O4. The van der Waals surface area contributed by atoms with E-state index in [0.717, 1.165) is 18.5 Å². The third kappa shape index (κ3) is 4.81. The number of benzene rings is 1. The molecule has 1 saturated heterocycles. The van der Waals surface area contributed by atoms with Crippen molar-refractivity contribution in [3.8, 4) is 0 Å². The standard InChI is InChI=1S/C18H24N2O4/c1-12(2)10-15(18(23)24)19-17(22)14-7-5-13(6-8-14)11-20-9-3-4-16(20)21/h5-8,12,15H,3-4,9-11H2,1-2H3,(H,19,22)(H,23,24)/t15-/m1/s1. The van der Waals surface area contributed by atoms with Crippen LogP contribution in [0.25, 0.3) is 0 Å². The number of carboxylic acids is 1. The second-order valence-electron chi connectivity index (χ2n) is 6.61. The van der Waals surface area contributed by atoms with Crippen molar-refractivity contribution < 1.29 is 19.5 Å². The van der Waals surface area contributed by atoms with Crippen molar-refractivity contribution in [2.45, 2.75) is 45.7 Å². The SMILES string of the molecule is CC(C)C[C@@H](NC(=O)c1ccc(CN2CCCC2=O)cc1)C(=O)O. The van der Waals surface area contributed by atoms with Crippen LogP contribution in [-0.4, -0.2) is 40.4 Å². The van der Waals surface area contributed by atoms with Gasteiger partial charge in [-0.3, -0.25) is 9.59 Å². The molecule has 6 heteroatoms. The second kappa shape index (κ2) is 7.95. The number of carboxylic acid groups (broad SMARTS) is 1. The average Bonchev–Trinajstić information content (AvgIpc) is 2.92. The molecule has 1 heterocycles. The van der Waals surface area contributed by atoms with E-state index in [1.54, 1.807) is 29.2 Å². The summed E-state index contributed by atoms with van der Waals surface area (Å²) in [5, 5.41) is 11.8. The minimum absolute atomic E-state index is 0.162. The number of amides is 2. The first-order chi connectivity index (χ1) is 11.4. The molecule has 6 nitrogen and oxygen atoms in total. The molecule has 0 saturated carbocycles. The highest BCUT2D eigenvalue weighted by Crippen LogP contribution is 2.15. The van der Waals surface area contributed by atoms with Crippen LogP contribution >= 0.6 is 0 Å². The fraction of sp³-hybridized carbons (Fsp3) is 0.500. The van der Waals surface area contributed by atoms with Crippen LogP contribution in [0.5, 0.6) is 0 Å². The second-order valence-corrected chi connectivity index (χ2v) is 6.61. The molecule has 0 unspecified atom stereocenters. The molecule has 0 spiro atoms. The van der Waals surface area contributed by atoms with Crippen molar-refractivity contribution >= 4 is 17.8 Å². The predicted octanol–water partition coefficient (Wildman–Crippen LogP) is 2.04. The maximum atomic E-state index is 12.2. The van der Waals surface area contributed by atoms with Gasteiger partial charge in [0.05, 0.1) is 0 Å². The van der Waals surface area contributed by atoms with Crippen molar-refractivity contribution in [2.24, 2.45) is 5.92 Å². The fourth-order valence-electron chi connectivity index (χ4n) is 2.79. The lowest BCUT2D eigenvalue weighted by Crippen LogP contribution is -2.41. The Hall–Kier alpha value is -2.37. The van der Waals surface area contributed by atoms with Gasteiger partial charge in [0.1, 0.15) is 6.04 Å². The summed E-state index contributed by atoms with van der Waals surface area (Å²) in [5.74, 6) is -1.09. The number of aliphatic carboxylic acids is 1. The number of likely N-dealkylation sites (tertiary alicyclic amines) is 1. The van der Waals surface area contributed by atoms with E-state index in [2.05, 4.69) is 5.32 Å². The normalized spacial score (nSPS) is 15.6. The highest BCUT2D eigenvalue weighted by atomic mass is 16.4. The molecule has 2 rings (SSSR count). The van der Waals surface area contributed by atoms with Gasteiger partial charge in [0.2, 0.25) is 5.91 Å². The first-order valence-corrected chi connectivity index (χ1v) is 8.27. The van der Waals surface area contributed by atoms with E-state index in [4.69, 9.17) is 0 Å². The molecule has 2 amide bonds. The van der Waals surface area contributed by atoms with Gasteiger partial charge in [0, 0.05) is 25.1 Å². The Morgan fingerprint density at radius 3 is 2.42 bits per heavy atom. The average molecular weight is 332 g/mol. The number of carbonyl (C=O) groups excluding carboxylic acids is 2. The van der Waals surface area contributed by atoms with Crippen LogP contribution < -0.4 is 5.32 Å². The quantitative estimate of drug-likeness (QED) is 0.800. The largest absolute Gasteiger partial charge is 0.480 e. The highest BCUT2D eigenvalue weighted by Gasteiger charge is 2.22. The molecule has 0 aromatic heterocycles. The van der Waals surface area contributed by atoms with Crippen molar-refractivity contribution in [2.75, 3.05) is 6.54 Å². The molecule has 1 fully saturated rings. The topological polar surface area (TPSA) is 86.7 Å². The van der Waals surface area contributed by atoms with Crippen LogP contribution in [0.2, 0.25) is 0 Å². The molecule has 0 bridgehead atoms. The third-order valence-corrected chi connectivity index (χ3v) is 4.07. The van der Waals surface area contributed by atoms with E-state index in [1.807, 2.05) is 13.8 Å². The summed E-state index contributed by atoms with van der Waals surface area (Å²) in [6.07, 6.45) is 1.88. The zero-order valence-corrected chi connectivity index (χ0v) is 14.1. The Morgan fingerprint density at radius 1 is 1.25 bits per heavy atom. The summed E-state index contributed by atoms with van der Waals surface area (Å²) in [7, 11) is 0. The third-order valence-electron chi connectivity index (χ3n) is 4.07. The van der Waals surface area contributed by atoms with Crippen molar-refractivity contribution in [1.82, 2.24) is 10.2 Å². The van der Waals surface area contributed by atoms with Gasteiger partial charge >= 0.3 is 5.97 Å². The minimum atomic E-state index is -1.03. The van der Waals surface area contributed by atoms with Gasteiger partial charge in [-0.15, -0.1) is 0 Å². The molecule has 0 radical (unpaired) electrons. The zero-order valence-electron chi connectivity index (χ0n) is 14.1. The number of hydrogen-bond acceptors (Lipinski definition) is 3. The number of rotatable bonds is 7. The number of hydrogen-bond donors (Lipinski definition) is 2. The molecule has 130 valence electrons. The lowest BCUT2D eigenvalue weighted by Gasteiger charge is -2.17. The van der Waals surface area contributed by atoms with Gasteiger partial charge < -0.3 is 15.3 Å². The van der Waals surface area contributed by atoms with Crippen LogP contribution in [0.15, 0.2) is 24.3 Å². The maximum absolute atomic E-state index is 12.2. The highest BCUT2D eigenvalue weighted by molar-refractivity contribution is 5.96. The van der Waals surface area contributed by atoms with Gasteiger partial charge in [0.15, 0.2) is 0 Å². The first-order valence-electron chi connectivity index (χ1n) is 8.27. The molecule has 1 aliphatic heterocycles. The van der Waals surface area contributed by atoms with Crippen molar-refractivity contribution in [3.05, 3.63) is 35.4 Å². The van der Waals surface area contributed by atoms with Crippen molar-refractivity contribution in [1.29, 1.82) is 0 Å². The molecule has 1 aliphatic rings. The fourth-order valence-corrected chi connectivity index (χ4v) is 2.79. The van der Waals surface area contributed by atoms with E-state index in [9.17, 15) is 19.5 Å². The van der Waals surface area contributed by atoms with E-state index >= 15 is 0 Å². The van der Waals surface area contributed by atoms with Gasteiger partial charge in [-0.2, -0.15) is 0 Å². The molecule has 0 aliphatic carbocycles. The Balaban J connectivity index is 1.97.